The monoisotopic (exact) mass is 1850 g/mol. The van der Waals surface area contributed by atoms with E-state index in [1.807, 2.05) is 291 Å². The first-order valence-electron chi connectivity index (χ1n) is 46.0. The normalized spacial score (nSPS) is 12.2. The summed E-state index contributed by atoms with van der Waals surface area (Å²) >= 11 is 0. The summed E-state index contributed by atoms with van der Waals surface area (Å²) in [5.41, 5.74) is 19.9. The second kappa shape index (κ2) is 49.3. The SMILES string of the molecule is CC(C)(C)[Si](C)(C)OCC(COCCOCC(COCCOc1ccc(-c2cc(-c3ccccn3)nc(-c3ccccn3)c2)cc1)OCCOc1ccc(-c2cc(-c3ccccn3)nc(-c3ccccn3)c2)cc1)OCCOCC(COCCOc1ccc(-c2cc(-c3ccccn3)nc(-c3ccccn3)c2)cc1)OCCOc1ccc(-c2cc(-c3ccccn3)nc(-c3ccccn3)c2)cc1. The maximum Gasteiger partial charge on any atom is 0.192 e. The number of rotatable bonds is 50. The molecule has 0 N–H and O–H groups in total. The van der Waals surface area contributed by atoms with Crippen molar-refractivity contribution in [1.82, 2.24) is 59.8 Å². The zero-order chi connectivity index (χ0) is 93.9. The second-order valence-corrected chi connectivity index (χ2v) is 38.4. The molecule has 696 valence electrons. The van der Waals surface area contributed by atoms with Crippen molar-refractivity contribution in [2.45, 2.75) is 57.2 Å². The average molecular weight is 1850 g/mol. The highest BCUT2D eigenvalue weighted by Gasteiger charge is 2.38. The molecule has 0 amide bonds. The van der Waals surface area contributed by atoms with Crippen LogP contribution in [0.3, 0.4) is 0 Å². The first-order valence-corrected chi connectivity index (χ1v) is 48.9. The van der Waals surface area contributed by atoms with Crippen LogP contribution in [0, 0.1) is 0 Å². The van der Waals surface area contributed by atoms with Crippen LogP contribution in [0.2, 0.25) is 18.1 Å². The molecule has 16 aromatic rings. The molecule has 0 spiro atoms. The first kappa shape index (κ1) is 95.9. The summed E-state index contributed by atoms with van der Waals surface area (Å²) in [5, 5.41) is -0.0426. The molecule has 26 heteroatoms. The second-order valence-electron chi connectivity index (χ2n) is 33.6. The Kier molecular flexibility index (Phi) is 34.5. The lowest BCUT2D eigenvalue weighted by atomic mass is 10.0. The lowest BCUT2D eigenvalue weighted by Gasteiger charge is -2.37. The maximum atomic E-state index is 6.76. The Balaban J connectivity index is 0.531. The van der Waals surface area contributed by atoms with Crippen molar-refractivity contribution in [1.29, 1.82) is 0 Å². The van der Waals surface area contributed by atoms with Gasteiger partial charge >= 0.3 is 0 Å². The van der Waals surface area contributed by atoms with E-state index in [1.54, 1.807) is 49.6 Å². The number of hydrogen-bond acceptors (Lipinski definition) is 25. The fourth-order valence-corrected chi connectivity index (χ4v) is 15.6. The summed E-state index contributed by atoms with van der Waals surface area (Å²) in [6.07, 6.45) is 12.8. The van der Waals surface area contributed by atoms with Crippen LogP contribution in [0.5, 0.6) is 23.0 Å². The summed E-state index contributed by atoms with van der Waals surface area (Å²) in [7, 11) is -2.21. The van der Waals surface area contributed by atoms with Crippen LogP contribution in [0.15, 0.2) is 341 Å². The van der Waals surface area contributed by atoms with E-state index in [1.165, 1.54) is 0 Å². The molecular weight excluding hydrogens is 1740 g/mol. The quantitative estimate of drug-likeness (QED) is 0.0253. The van der Waals surface area contributed by atoms with E-state index in [0.717, 1.165) is 136 Å². The molecule has 12 aromatic heterocycles. The molecule has 0 fully saturated rings. The molecule has 0 aliphatic carbocycles. The van der Waals surface area contributed by atoms with Gasteiger partial charge in [-0.05, 0) is 257 Å². The molecule has 0 aliphatic heterocycles. The van der Waals surface area contributed by atoms with Crippen LogP contribution in [0.25, 0.3) is 136 Å². The highest BCUT2D eigenvalue weighted by Crippen LogP contribution is 2.39. The molecule has 0 saturated heterocycles. The van der Waals surface area contributed by atoms with Gasteiger partial charge in [0, 0.05) is 49.6 Å². The van der Waals surface area contributed by atoms with E-state index in [-0.39, 0.29) is 104 Å². The smallest absolute Gasteiger partial charge is 0.192 e. The molecular formula is C111H110N12O13Si. The highest BCUT2D eigenvalue weighted by molar-refractivity contribution is 6.74. The zero-order valence-electron chi connectivity index (χ0n) is 77.5. The fraction of sp³-hybridized carbons (Fsp3) is 0.243. The third kappa shape index (κ3) is 28.4. The fourth-order valence-electron chi connectivity index (χ4n) is 14.5. The van der Waals surface area contributed by atoms with Crippen LogP contribution in [0.4, 0.5) is 0 Å². The summed E-state index contributed by atoms with van der Waals surface area (Å²) < 4.78 is 82.9. The van der Waals surface area contributed by atoms with Gasteiger partial charge in [0.15, 0.2) is 8.32 Å². The third-order valence-corrected chi connectivity index (χ3v) is 27.3. The van der Waals surface area contributed by atoms with Gasteiger partial charge in [0.05, 0.1) is 184 Å². The Morgan fingerprint density at radius 3 is 0.606 bits per heavy atom. The Bertz CT molecular complexity index is 6120. The van der Waals surface area contributed by atoms with Crippen molar-refractivity contribution in [3.05, 3.63) is 341 Å². The lowest BCUT2D eigenvalue weighted by molar-refractivity contribution is -0.0936. The molecule has 0 bridgehead atoms. The van der Waals surface area contributed by atoms with Crippen molar-refractivity contribution in [2.24, 2.45) is 0 Å². The number of nitrogens with zero attached hydrogens (tertiary/aromatic N) is 12. The number of aromatic nitrogens is 12. The standard InChI is InChI=1S/C111H110N12O13Si/c1-111(2,3)137(4,5)136-79-94(133-61-58-128-77-93(135-65-63-132-91-44-36-83(37-45-91)87-72-109(101-28-12-20-52-118-101)123-110(73-87)102-29-13-21-53-119-102)76-127-57-60-130-89-40-32-81(33-41-89)85-68-105(97-24-8-16-48-114-97)121-106(69-85)98-25-9-17-49-115-98)78-125-55-54-124-74-92(134-64-62-131-90-42-34-82(35-43-90)86-70-107(99-26-10-18-50-116-99)122-108(71-86)100-27-11-19-51-117-100)75-126-56-59-129-88-38-30-80(31-39-88)84-66-103(95-22-6-14-46-112-95)120-104(67-84)96-23-7-15-47-113-96/h6-53,66-73,92-94H,54-65,74-79H2,1-5H3. The van der Waals surface area contributed by atoms with E-state index < -0.39 is 26.6 Å². The van der Waals surface area contributed by atoms with E-state index in [0.29, 0.717) is 42.8 Å². The topological polar surface area (TPSA) is 275 Å². The predicted octanol–water partition coefficient (Wildman–Crippen LogP) is 21.3. The van der Waals surface area contributed by atoms with Crippen molar-refractivity contribution < 1.29 is 61.3 Å². The van der Waals surface area contributed by atoms with Gasteiger partial charge < -0.3 is 61.3 Å². The maximum absolute atomic E-state index is 6.76. The van der Waals surface area contributed by atoms with Gasteiger partial charge in [-0.2, -0.15) is 0 Å². The lowest BCUT2D eigenvalue weighted by Crippen LogP contribution is -2.43. The Labute approximate surface area is 800 Å². The minimum Gasteiger partial charge on any atom is -0.491 e. The Hall–Kier alpha value is -14.3. The van der Waals surface area contributed by atoms with Gasteiger partial charge in [0.2, 0.25) is 0 Å². The minimum absolute atomic E-state index is 0.0426. The van der Waals surface area contributed by atoms with Crippen molar-refractivity contribution in [3.63, 3.8) is 0 Å². The van der Waals surface area contributed by atoms with Crippen LogP contribution in [0.1, 0.15) is 20.8 Å². The molecule has 3 atom stereocenters. The predicted molar refractivity (Wildman–Crippen MR) is 533 cm³/mol. The molecule has 16 rings (SSSR count). The molecule has 137 heavy (non-hydrogen) atoms. The Morgan fingerprint density at radius 1 is 0.212 bits per heavy atom. The van der Waals surface area contributed by atoms with Crippen LogP contribution in [-0.4, -0.2) is 205 Å². The summed E-state index contributed by atoms with van der Waals surface area (Å²) in [5.74, 6) is 2.76. The van der Waals surface area contributed by atoms with Gasteiger partial charge in [-0.25, -0.2) is 19.9 Å². The minimum atomic E-state index is -2.21. The van der Waals surface area contributed by atoms with E-state index in [4.69, 9.17) is 81.2 Å². The van der Waals surface area contributed by atoms with Crippen LogP contribution >= 0.6 is 0 Å². The Morgan fingerprint density at radius 2 is 0.401 bits per heavy atom. The van der Waals surface area contributed by atoms with Crippen LogP contribution < -0.4 is 18.9 Å². The number of ether oxygens (including phenoxy) is 12. The number of benzene rings is 4. The van der Waals surface area contributed by atoms with E-state index >= 15 is 0 Å². The molecule has 4 aromatic carbocycles. The molecule has 0 aliphatic rings. The summed E-state index contributed by atoms with van der Waals surface area (Å²) in [4.78, 5) is 56.6. The van der Waals surface area contributed by atoms with Crippen molar-refractivity contribution in [2.75, 3.05) is 119 Å². The summed E-state index contributed by atoms with van der Waals surface area (Å²) in [6.45, 7) is 15.8. The van der Waals surface area contributed by atoms with Gasteiger partial charge in [0.25, 0.3) is 0 Å². The average Bonchev–Trinajstić information content (AvgIpc) is 0.813. The van der Waals surface area contributed by atoms with Gasteiger partial charge in [-0.15, -0.1) is 0 Å². The van der Waals surface area contributed by atoms with E-state index in [9.17, 15) is 0 Å². The van der Waals surface area contributed by atoms with Gasteiger partial charge in [-0.3, -0.25) is 39.9 Å². The third-order valence-electron chi connectivity index (χ3n) is 22.8. The molecule has 25 nitrogen and oxygen atoms in total. The molecule has 3 unspecified atom stereocenters. The van der Waals surface area contributed by atoms with Gasteiger partial charge in [-0.1, -0.05) is 118 Å². The summed E-state index contributed by atoms with van der Waals surface area (Å²) in [6, 6.07) is 94.6. The van der Waals surface area contributed by atoms with Crippen LogP contribution in [-0.2, 0) is 42.3 Å². The van der Waals surface area contributed by atoms with Crippen molar-refractivity contribution >= 4 is 8.32 Å². The molecule has 0 saturated carbocycles. The number of hydrogen-bond donors (Lipinski definition) is 0. The van der Waals surface area contributed by atoms with Gasteiger partial charge in [0.1, 0.15) is 67.7 Å². The largest absolute Gasteiger partial charge is 0.491 e. The van der Waals surface area contributed by atoms with E-state index in [2.05, 4.69) is 73.7 Å². The number of pyridine rings is 12. The zero-order valence-corrected chi connectivity index (χ0v) is 78.5. The molecule has 0 radical (unpaired) electrons. The first-order chi connectivity index (χ1) is 67.3. The molecule has 12 heterocycles. The highest BCUT2D eigenvalue weighted by atomic mass is 28.4. The van der Waals surface area contributed by atoms with Crippen molar-refractivity contribution in [3.8, 4) is 159 Å².